The normalized spacial score (nSPS) is 43.7. The molecule has 1 aliphatic carbocycles. The van der Waals surface area contributed by atoms with Crippen molar-refractivity contribution in [3.63, 3.8) is 0 Å². The Bertz CT molecular complexity index is 266. The van der Waals surface area contributed by atoms with Crippen LogP contribution >= 0.6 is 0 Å². The highest BCUT2D eigenvalue weighted by Crippen LogP contribution is 2.42. The van der Waals surface area contributed by atoms with Gasteiger partial charge < -0.3 is 5.73 Å². The predicted molar refractivity (Wildman–Crippen MR) is 78.6 cm³/mol. The molecule has 2 N–H and O–H groups in total. The van der Waals surface area contributed by atoms with Gasteiger partial charge in [-0.05, 0) is 51.0 Å². The minimum absolute atomic E-state index is 0.293. The molecule has 2 rings (SSSR count). The summed E-state index contributed by atoms with van der Waals surface area (Å²) in [6.45, 7) is 9.40. The largest absolute Gasteiger partial charge is 0.329 e. The van der Waals surface area contributed by atoms with Crippen LogP contribution < -0.4 is 5.73 Å². The predicted octanol–water partition coefficient (Wildman–Crippen LogP) is 3.40. The van der Waals surface area contributed by atoms with Gasteiger partial charge >= 0.3 is 0 Å². The average molecular weight is 252 g/mol. The zero-order chi connectivity index (χ0) is 13.2. The molecule has 106 valence electrons. The number of rotatable bonds is 2. The Morgan fingerprint density at radius 3 is 2.56 bits per heavy atom. The van der Waals surface area contributed by atoms with Gasteiger partial charge in [0.2, 0.25) is 0 Å². The molecule has 0 aromatic rings. The first-order chi connectivity index (χ1) is 8.60. The van der Waals surface area contributed by atoms with E-state index in [9.17, 15) is 0 Å². The number of hydrogen-bond acceptors (Lipinski definition) is 2. The fourth-order valence-electron chi connectivity index (χ4n) is 4.45. The number of hydrogen-bond donors (Lipinski definition) is 1. The molecule has 0 spiro atoms. The smallest absolute Gasteiger partial charge is 0.0362 e. The van der Waals surface area contributed by atoms with E-state index in [4.69, 9.17) is 5.73 Å². The molecule has 1 saturated heterocycles. The van der Waals surface area contributed by atoms with Crippen molar-refractivity contribution in [1.29, 1.82) is 0 Å². The van der Waals surface area contributed by atoms with Gasteiger partial charge in [0.25, 0.3) is 0 Å². The van der Waals surface area contributed by atoms with Gasteiger partial charge in [0.1, 0.15) is 0 Å². The van der Waals surface area contributed by atoms with E-state index in [1.54, 1.807) is 0 Å². The second-order valence-electron chi connectivity index (χ2n) is 6.99. The molecule has 0 amide bonds. The van der Waals surface area contributed by atoms with E-state index >= 15 is 0 Å². The lowest BCUT2D eigenvalue weighted by Crippen LogP contribution is -2.62. The van der Waals surface area contributed by atoms with Crippen LogP contribution in [-0.4, -0.2) is 29.6 Å². The molecule has 1 saturated carbocycles. The maximum atomic E-state index is 6.29. The lowest BCUT2D eigenvalue weighted by molar-refractivity contribution is -0.0264. The Balaban J connectivity index is 2.22. The summed E-state index contributed by atoms with van der Waals surface area (Å²) in [4.78, 5) is 2.81. The SMILES string of the molecule is CC1CCC(C)C(CN)(N2CCCCCC2C)C1. The molecule has 1 heterocycles. The van der Waals surface area contributed by atoms with Gasteiger partial charge in [-0.25, -0.2) is 0 Å². The molecule has 0 bridgehead atoms. The van der Waals surface area contributed by atoms with Crippen molar-refractivity contribution in [3.8, 4) is 0 Å². The third kappa shape index (κ3) is 2.60. The third-order valence-corrected chi connectivity index (χ3v) is 5.69. The Morgan fingerprint density at radius 1 is 1.06 bits per heavy atom. The van der Waals surface area contributed by atoms with E-state index in [-0.39, 0.29) is 0 Å². The van der Waals surface area contributed by atoms with Crippen LogP contribution in [0, 0.1) is 11.8 Å². The Kier molecular flexibility index (Phi) is 4.71. The monoisotopic (exact) mass is 252 g/mol. The van der Waals surface area contributed by atoms with Crippen LogP contribution in [0.5, 0.6) is 0 Å². The summed E-state index contributed by atoms with van der Waals surface area (Å²) in [5, 5.41) is 0. The molecule has 2 heteroatoms. The second-order valence-corrected chi connectivity index (χ2v) is 6.99. The van der Waals surface area contributed by atoms with Crippen molar-refractivity contribution in [3.05, 3.63) is 0 Å². The average Bonchev–Trinajstić information content (AvgIpc) is 2.57. The summed E-state index contributed by atoms with van der Waals surface area (Å²) < 4.78 is 0. The van der Waals surface area contributed by atoms with Gasteiger partial charge in [-0.3, -0.25) is 4.90 Å². The molecule has 4 unspecified atom stereocenters. The maximum Gasteiger partial charge on any atom is 0.0362 e. The zero-order valence-electron chi connectivity index (χ0n) is 12.6. The van der Waals surface area contributed by atoms with Gasteiger partial charge in [-0.15, -0.1) is 0 Å². The molecule has 0 aromatic carbocycles. The maximum absolute atomic E-state index is 6.29. The van der Waals surface area contributed by atoms with Crippen LogP contribution in [0.25, 0.3) is 0 Å². The van der Waals surface area contributed by atoms with Crippen LogP contribution in [-0.2, 0) is 0 Å². The number of nitrogens with zero attached hydrogens (tertiary/aromatic N) is 1. The van der Waals surface area contributed by atoms with E-state index in [1.807, 2.05) is 0 Å². The first-order valence-corrected chi connectivity index (χ1v) is 8.07. The minimum atomic E-state index is 0.293. The van der Waals surface area contributed by atoms with Crippen molar-refractivity contribution < 1.29 is 0 Å². The summed E-state index contributed by atoms with van der Waals surface area (Å²) >= 11 is 0. The summed E-state index contributed by atoms with van der Waals surface area (Å²) in [6.07, 6.45) is 9.62. The van der Waals surface area contributed by atoms with Crippen LogP contribution in [0.4, 0.5) is 0 Å². The van der Waals surface area contributed by atoms with Crippen LogP contribution in [0.1, 0.15) is 65.7 Å². The van der Waals surface area contributed by atoms with E-state index in [2.05, 4.69) is 25.7 Å². The summed E-state index contributed by atoms with van der Waals surface area (Å²) in [5.74, 6) is 1.61. The molecule has 4 atom stereocenters. The highest BCUT2D eigenvalue weighted by molar-refractivity contribution is 5.01. The van der Waals surface area contributed by atoms with Crippen molar-refractivity contribution >= 4 is 0 Å². The molecule has 2 fully saturated rings. The second kappa shape index (κ2) is 5.92. The first-order valence-electron chi connectivity index (χ1n) is 8.07. The highest BCUT2D eigenvalue weighted by Gasteiger charge is 2.45. The fourth-order valence-corrected chi connectivity index (χ4v) is 4.45. The van der Waals surface area contributed by atoms with Gasteiger partial charge in [0, 0.05) is 18.1 Å². The van der Waals surface area contributed by atoms with Crippen LogP contribution in [0.2, 0.25) is 0 Å². The lowest BCUT2D eigenvalue weighted by Gasteiger charge is -2.53. The van der Waals surface area contributed by atoms with E-state index in [0.717, 1.165) is 24.4 Å². The lowest BCUT2D eigenvalue weighted by atomic mass is 9.68. The number of likely N-dealkylation sites (tertiary alicyclic amines) is 1. The molecule has 2 aliphatic rings. The molecule has 18 heavy (non-hydrogen) atoms. The van der Waals surface area contributed by atoms with Crippen molar-refractivity contribution in [1.82, 2.24) is 4.90 Å². The Labute approximate surface area is 113 Å². The molecule has 2 nitrogen and oxygen atoms in total. The van der Waals surface area contributed by atoms with Crippen LogP contribution in [0.3, 0.4) is 0 Å². The quantitative estimate of drug-likeness (QED) is 0.816. The van der Waals surface area contributed by atoms with E-state index in [0.29, 0.717) is 5.54 Å². The summed E-state index contributed by atoms with van der Waals surface area (Å²) in [6, 6.07) is 0.726. The van der Waals surface area contributed by atoms with Crippen LogP contribution in [0.15, 0.2) is 0 Å². The topological polar surface area (TPSA) is 29.3 Å². The van der Waals surface area contributed by atoms with Crippen molar-refractivity contribution in [2.24, 2.45) is 17.6 Å². The highest BCUT2D eigenvalue weighted by atomic mass is 15.2. The van der Waals surface area contributed by atoms with Gasteiger partial charge in [-0.1, -0.05) is 33.1 Å². The molecule has 1 aliphatic heterocycles. The van der Waals surface area contributed by atoms with Gasteiger partial charge in [0.05, 0.1) is 0 Å². The molecule has 0 radical (unpaired) electrons. The number of nitrogens with two attached hydrogens (primary N) is 1. The standard InChI is InChI=1S/C16H32N2/c1-13-8-9-14(2)16(11-13,12-17)18-10-6-4-5-7-15(18)3/h13-15H,4-12,17H2,1-3H3. The Morgan fingerprint density at radius 2 is 1.83 bits per heavy atom. The third-order valence-electron chi connectivity index (χ3n) is 5.69. The molecular formula is C16H32N2. The van der Waals surface area contributed by atoms with E-state index in [1.165, 1.54) is 51.5 Å². The minimum Gasteiger partial charge on any atom is -0.329 e. The summed E-state index contributed by atoms with van der Waals surface area (Å²) in [5.41, 5.74) is 6.59. The van der Waals surface area contributed by atoms with Gasteiger partial charge in [0.15, 0.2) is 0 Å². The molecule has 0 aromatic heterocycles. The fraction of sp³-hybridized carbons (Fsp3) is 1.00. The first kappa shape index (κ1) is 14.3. The Hall–Kier alpha value is -0.0800. The van der Waals surface area contributed by atoms with Crippen molar-refractivity contribution in [2.45, 2.75) is 77.3 Å². The summed E-state index contributed by atoms with van der Waals surface area (Å²) in [7, 11) is 0. The van der Waals surface area contributed by atoms with Crippen molar-refractivity contribution in [2.75, 3.05) is 13.1 Å². The van der Waals surface area contributed by atoms with Gasteiger partial charge in [-0.2, -0.15) is 0 Å². The van der Waals surface area contributed by atoms with E-state index < -0.39 is 0 Å². The molecular weight excluding hydrogens is 220 g/mol. The zero-order valence-corrected chi connectivity index (χ0v) is 12.6.